The van der Waals surface area contributed by atoms with Crippen LogP contribution in [-0.2, 0) is 12.0 Å². The summed E-state index contributed by atoms with van der Waals surface area (Å²) < 4.78 is 0. The molecule has 2 heteroatoms. The van der Waals surface area contributed by atoms with Crippen LogP contribution in [0.5, 0.6) is 0 Å². The molecule has 0 bridgehead atoms. The van der Waals surface area contributed by atoms with E-state index in [2.05, 4.69) is 70.1 Å². The summed E-state index contributed by atoms with van der Waals surface area (Å²) in [5.74, 6) is 0. The van der Waals surface area contributed by atoms with Gasteiger partial charge < -0.3 is 5.32 Å². The molecule has 0 fully saturated rings. The zero-order valence-electron chi connectivity index (χ0n) is 12.6. The highest BCUT2D eigenvalue weighted by atomic mass is 15.2. The van der Waals surface area contributed by atoms with E-state index in [1.54, 1.807) is 0 Å². The zero-order valence-corrected chi connectivity index (χ0v) is 12.6. The number of benzene rings is 1. The number of nitrogens with one attached hydrogen (secondary N) is 1. The molecule has 1 N–H and O–H groups in total. The third-order valence-electron chi connectivity index (χ3n) is 3.96. The minimum atomic E-state index is 0.110. The van der Waals surface area contributed by atoms with Crippen LogP contribution < -0.4 is 5.32 Å². The van der Waals surface area contributed by atoms with Crippen molar-refractivity contribution in [1.82, 2.24) is 4.90 Å². The predicted molar refractivity (Wildman–Crippen MR) is 79.2 cm³/mol. The molecular formula is C16H26N2. The van der Waals surface area contributed by atoms with E-state index in [9.17, 15) is 0 Å². The second kappa shape index (κ2) is 4.27. The van der Waals surface area contributed by atoms with Crippen molar-refractivity contribution in [3.8, 4) is 0 Å². The lowest BCUT2D eigenvalue weighted by Crippen LogP contribution is -2.44. The summed E-state index contributed by atoms with van der Waals surface area (Å²) in [6.45, 7) is 12.4. The first kappa shape index (κ1) is 13.4. The van der Waals surface area contributed by atoms with Crippen molar-refractivity contribution in [2.75, 3.05) is 18.9 Å². The quantitative estimate of drug-likeness (QED) is 0.814. The molecule has 1 aromatic carbocycles. The molecule has 2 nitrogen and oxygen atoms in total. The molecule has 1 aliphatic heterocycles. The van der Waals surface area contributed by atoms with Gasteiger partial charge in [-0.25, -0.2) is 0 Å². The summed E-state index contributed by atoms with van der Waals surface area (Å²) in [5, 5.41) is 3.57. The first-order valence-electron chi connectivity index (χ1n) is 6.83. The third kappa shape index (κ3) is 2.54. The number of rotatable bonds is 1. The number of anilines is 1. The average molecular weight is 246 g/mol. The van der Waals surface area contributed by atoms with Gasteiger partial charge in [-0.3, -0.25) is 4.90 Å². The molecule has 0 aliphatic carbocycles. The summed E-state index contributed by atoms with van der Waals surface area (Å²) in [5.41, 5.74) is 4.43. The van der Waals surface area contributed by atoms with Crippen molar-refractivity contribution in [2.24, 2.45) is 0 Å². The Morgan fingerprint density at radius 1 is 1.22 bits per heavy atom. The molecule has 0 unspecified atom stereocenters. The van der Waals surface area contributed by atoms with Crippen molar-refractivity contribution < 1.29 is 0 Å². The maximum Gasteiger partial charge on any atom is 0.0405 e. The van der Waals surface area contributed by atoms with Crippen LogP contribution in [0.1, 0.15) is 45.7 Å². The Balaban J connectivity index is 2.39. The van der Waals surface area contributed by atoms with Gasteiger partial charge in [-0.2, -0.15) is 0 Å². The fraction of sp³-hybridized carbons (Fsp3) is 0.625. The van der Waals surface area contributed by atoms with E-state index in [0.717, 1.165) is 13.0 Å². The third-order valence-corrected chi connectivity index (χ3v) is 3.96. The molecule has 1 aromatic rings. The second-order valence-corrected chi connectivity index (χ2v) is 6.98. The van der Waals surface area contributed by atoms with Crippen LogP contribution in [0.15, 0.2) is 18.2 Å². The molecule has 0 amide bonds. The van der Waals surface area contributed by atoms with Crippen LogP contribution in [0, 0.1) is 0 Å². The van der Waals surface area contributed by atoms with Crippen LogP contribution in [-0.4, -0.2) is 24.0 Å². The molecule has 0 radical (unpaired) electrons. The summed E-state index contributed by atoms with van der Waals surface area (Å²) in [4.78, 5) is 2.44. The first-order valence-corrected chi connectivity index (χ1v) is 6.83. The molecule has 1 heterocycles. The van der Waals surface area contributed by atoms with Crippen LogP contribution in [0.2, 0.25) is 0 Å². The molecule has 2 rings (SSSR count). The minimum absolute atomic E-state index is 0.110. The van der Waals surface area contributed by atoms with Gasteiger partial charge in [0.2, 0.25) is 0 Å². The summed E-state index contributed by atoms with van der Waals surface area (Å²) >= 11 is 0. The Bertz CT molecular complexity index is 441. The van der Waals surface area contributed by atoms with E-state index in [4.69, 9.17) is 0 Å². The lowest BCUT2D eigenvalue weighted by Gasteiger charge is -2.42. The Morgan fingerprint density at radius 3 is 2.50 bits per heavy atom. The summed E-state index contributed by atoms with van der Waals surface area (Å²) in [6, 6.07) is 6.83. The number of likely N-dealkylation sites (N-methyl/N-ethyl adjacent to an activating group) is 1. The van der Waals surface area contributed by atoms with Gasteiger partial charge in [-0.15, -0.1) is 0 Å². The Kier molecular flexibility index (Phi) is 3.18. The molecule has 0 saturated carbocycles. The monoisotopic (exact) mass is 246 g/mol. The van der Waals surface area contributed by atoms with Crippen molar-refractivity contribution in [1.29, 1.82) is 0 Å². The Labute approximate surface area is 111 Å². The maximum absolute atomic E-state index is 3.57. The van der Waals surface area contributed by atoms with Gasteiger partial charge in [0.1, 0.15) is 0 Å². The van der Waals surface area contributed by atoms with Gasteiger partial charge in [0.25, 0.3) is 0 Å². The second-order valence-electron chi connectivity index (χ2n) is 6.98. The van der Waals surface area contributed by atoms with E-state index in [1.165, 1.54) is 16.8 Å². The SMILES string of the molecule is CN1CCc2ccc(NC(C)(C)C)cc2C1(C)C. The number of fused-ring (bicyclic) bond motifs is 1. The average Bonchev–Trinajstić information content (AvgIpc) is 2.23. The molecule has 0 aromatic heterocycles. The lowest BCUT2D eigenvalue weighted by molar-refractivity contribution is 0.143. The normalized spacial score (nSPS) is 19.4. The maximum atomic E-state index is 3.57. The fourth-order valence-corrected chi connectivity index (χ4v) is 2.65. The smallest absolute Gasteiger partial charge is 0.0405 e. The Morgan fingerprint density at radius 2 is 1.89 bits per heavy atom. The van der Waals surface area contributed by atoms with Crippen molar-refractivity contribution in [2.45, 2.75) is 52.1 Å². The van der Waals surface area contributed by atoms with E-state index in [1.807, 2.05) is 0 Å². The topological polar surface area (TPSA) is 15.3 Å². The molecule has 0 saturated heterocycles. The van der Waals surface area contributed by atoms with E-state index in [-0.39, 0.29) is 11.1 Å². The minimum Gasteiger partial charge on any atom is -0.380 e. The molecule has 0 spiro atoms. The number of nitrogens with zero attached hydrogens (tertiary/aromatic N) is 1. The van der Waals surface area contributed by atoms with Gasteiger partial charge in [0.05, 0.1) is 0 Å². The van der Waals surface area contributed by atoms with Gasteiger partial charge in [-0.1, -0.05) is 6.07 Å². The molecule has 18 heavy (non-hydrogen) atoms. The molecule has 0 atom stereocenters. The highest BCUT2D eigenvalue weighted by molar-refractivity contribution is 5.52. The fourth-order valence-electron chi connectivity index (χ4n) is 2.65. The lowest BCUT2D eigenvalue weighted by atomic mass is 9.83. The first-order chi connectivity index (χ1) is 8.20. The van der Waals surface area contributed by atoms with Gasteiger partial charge in [0.15, 0.2) is 0 Å². The summed E-state index contributed by atoms with van der Waals surface area (Å²) in [6.07, 6.45) is 1.16. The number of hydrogen-bond acceptors (Lipinski definition) is 2. The van der Waals surface area contributed by atoms with Crippen molar-refractivity contribution in [3.05, 3.63) is 29.3 Å². The molecular weight excluding hydrogens is 220 g/mol. The van der Waals surface area contributed by atoms with Gasteiger partial charge in [0, 0.05) is 23.3 Å². The van der Waals surface area contributed by atoms with E-state index in [0.29, 0.717) is 0 Å². The van der Waals surface area contributed by atoms with Gasteiger partial charge in [-0.05, 0) is 71.3 Å². The largest absolute Gasteiger partial charge is 0.380 e. The van der Waals surface area contributed by atoms with Crippen LogP contribution in [0.3, 0.4) is 0 Å². The highest BCUT2D eigenvalue weighted by Gasteiger charge is 2.32. The van der Waals surface area contributed by atoms with Crippen molar-refractivity contribution in [3.63, 3.8) is 0 Å². The van der Waals surface area contributed by atoms with E-state index < -0.39 is 0 Å². The standard InChI is InChI=1S/C16H26N2/c1-15(2,3)17-13-8-7-12-9-10-18(6)16(4,5)14(12)11-13/h7-8,11,17H,9-10H2,1-6H3. The predicted octanol–water partition coefficient (Wildman–Crippen LogP) is 3.62. The molecule has 100 valence electrons. The Hall–Kier alpha value is -1.02. The summed E-state index contributed by atoms with van der Waals surface area (Å²) in [7, 11) is 2.22. The van der Waals surface area contributed by atoms with Crippen molar-refractivity contribution >= 4 is 5.69 Å². The van der Waals surface area contributed by atoms with Crippen LogP contribution in [0.4, 0.5) is 5.69 Å². The molecule has 1 aliphatic rings. The zero-order chi connectivity index (χ0) is 13.6. The highest BCUT2D eigenvalue weighted by Crippen LogP contribution is 2.35. The van der Waals surface area contributed by atoms with E-state index >= 15 is 0 Å². The van der Waals surface area contributed by atoms with Crippen LogP contribution >= 0.6 is 0 Å². The van der Waals surface area contributed by atoms with Gasteiger partial charge >= 0.3 is 0 Å². The number of hydrogen-bond donors (Lipinski definition) is 1. The van der Waals surface area contributed by atoms with Crippen LogP contribution in [0.25, 0.3) is 0 Å².